The van der Waals surface area contributed by atoms with E-state index in [1.807, 2.05) is 4.90 Å². The second-order valence-electron chi connectivity index (χ2n) is 4.82. The normalized spacial score (nSPS) is 18.9. The number of carboxylic acids is 1. The molecule has 0 spiro atoms. The molecular weight excluding hydrogens is 282 g/mol. The summed E-state index contributed by atoms with van der Waals surface area (Å²) >= 11 is 1.20. The number of nitrogens with zero attached hydrogens (tertiary/aromatic N) is 3. The fraction of sp³-hybridized carbons (Fsp3) is 0.583. The Balaban J connectivity index is 1.85. The Labute approximate surface area is 120 Å². The second kappa shape index (κ2) is 6.29. The van der Waals surface area contributed by atoms with Crippen molar-refractivity contribution in [2.45, 2.75) is 19.5 Å². The molecule has 0 aromatic carbocycles. The molecule has 1 fully saturated rings. The second-order valence-corrected chi connectivity index (χ2v) is 5.97. The highest BCUT2D eigenvalue weighted by molar-refractivity contribution is 7.15. The van der Waals surface area contributed by atoms with Gasteiger partial charge >= 0.3 is 11.0 Å². The molecule has 1 aliphatic rings. The van der Waals surface area contributed by atoms with Gasteiger partial charge in [-0.1, -0.05) is 11.3 Å². The topological polar surface area (TPSA) is 86.9 Å². The fourth-order valence-electron chi connectivity index (χ4n) is 2.24. The third-order valence-electron chi connectivity index (χ3n) is 3.52. The van der Waals surface area contributed by atoms with Crippen molar-refractivity contribution in [2.75, 3.05) is 26.2 Å². The van der Waals surface area contributed by atoms with E-state index >= 15 is 0 Å². The van der Waals surface area contributed by atoms with Gasteiger partial charge in [0, 0.05) is 43.7 Å². The number of piperazine rings is 1. The molecular formula is C12H17N3O4S. The van der Waals surface area contributed by atoms with E-state index in [0.29, 0.717) is 19.6 Å². The molecule has 0 radical (unpaired) electrons. The number of carboxylic acid groups (broad SMARTS) is 1. The summed E-state index contributed by atoms with van der Waals surface area (Å²) in [6.07, 6.45) is 0. The van der Waals surface area contributed by atoms with Crippen molar-refractivity contribution in [3.8, 4) is 0 Å². The number of rotatable bonds is 5. The van der Waals surface area contributed by atoms with Crippen LogP contribution in [0.4, 0.5) is 5.00 Å². The van der Waals surface area contributed by atoms with Gasteiger partial charge in [-0.25, -0.2) is 0 Å². The number of thiophene rings is 1. The van der Waals surface area contributed by atoms with Crippen LogP contribution in [0.1, 0.15) is 11.8 Å². The lowest BCUT2D eigenvalue weighted by molar-refractivity contribution is -0.380. The molecule has 110 valence electrons. The maximum Gasteiger partial charge on any atom is 0.324 e. The lowest BCUT2D eigenvalue weighted by Crippen LogP contribution is -2.51. The standard InChI is InChI=1S/C12H17N3O4S/c1-9(12(16)17)14-6-4-13(5-7-14)8-10-2-3-11(20-10)15(18)19/h2-3,9H,4-8H2,1H3,(H,16,17). The first-order valence-corrected chi connectivity index (χ1v) is 7.21. The molecule has 1 aliphatic heterocycles. The highest BCUT2D eigenvalue weighted by Gasteiger charge is 2.25. The Bertz CT molecular complexity index is 497. The quantitative estimate of drug-likeness (QED) is 0.650. The third kappa shape index (κ3) is 3.53. The highest BCUT2D eigenvalue weighted by atomic mass is 32.1. The smallest absolute Gasteiger partial charge is 0.324 e. The Morgan fingerprint density at radius 2 is 2.10 bits per heavy atom. The molecule has 1 atom stereocenters. The summed E-state index contributed by atoms with van der Waals surface area (Å²) in [4.78, 5) is 26.3. The van der Waals surface area contributed by atoms with Gasteiger partial charge < -0.3 is 5.11 Å². The predicted molar refractivity (Wildman–Crippen MR) is 74.9 cm³/mol. The number of aliphatic carboxylic acids is 1. The van der Waals surface area contributed by atoms with Gasteiger partial charge in [-0.3, -0.25) is 24.7 Å². The van der Waals surface area contributed by atoms with E-state index in [9.17, 15) is 14.9 Å². The van der Waals surface area contributed by atoms with Crippen LogP contribution in [0.2, 0.25) is 0 Å². The van der Waals surface area contributed by atoms with E-state index in [1.165, 1.54) is 17.4 Å². The van der Waals surface area contributed by atoms with E-state index < -0.39 is 12.0 Å². The summed E-state index contributed by atoms with van der Waals surface area (Å²) in [6, 6.07) is 2.86. The number of nitro groups is 1. The zero-order chi connectivity index (χ0) is 14.7. The number of carbonyl (C=O) groups is 1. The van der Waals surface area contributed by atoms with Crippen molar-refractivity contribution in [3.05, 3.63) is 27.1 Å². The third-order valence-corrected chi connectivity index (χ3v) is 4.54. The molecule has 0 saturated carbocycles. The maximum atomic E-state index is 10.9. The first-order valence-electron chi connectivity index (χ1n) is 6.39. The molecule has 2 rings (SSSR count). The van der Waals surface area contributed by atoms with E-state index in [1.54, 1.807) is 13.0 Å². The summed E-state index contributed by atoms with van der Waals surface area (Å²) < 4.78 is 0. The molecule has 1 aromatic rings. The SMILES string of the molecule is CC(C(=O)O)N1CCN(Cc2ccc([N+](=O)[O-])s2)CC1. The van der Waals surface area contributed by atoms with Gasteiger partial charge in [-0.15, -0.1) is 0 Å². The molecule has 20 heavy (non-hydrogen) atoms. The molecule has 1 N–H and O–H groups in total. The lowest BCUT2D eigenvalue weighted by Gasteiger charge is -2.36. The van der Waals surface area contributed by atoms with Crippen molar-refractivity contribution in [3.63, 3.8) is 0 Å². The monoisotopic (exact) mass is 299 g/mol. The van der Waals surface area contributed by atoms with Crippen LogP contribution in [-0.4, -0.2) is 58.0 Å². The first kappa shape index (κ1) is 14.9. The highest BCUT2D eigenvalue weighted by Crippen LogP contribution is 2.25. The largest absolute Gasteiger partial charge is 0.480 e. The van der Waals surface area contributed by atoms with Crippen LogP contribution in [0.25, 0.3) is 0 Å². The lowest BCUT2D eigenvalue weighted by atomic mass is 10.2. The molecule has 1 aromatic heterocycles. The summed E-state index contributed by atoms with van der Waals surface area (Å²) in [5.74, 6) is -0.799. The van der Waals surface area contributed by atoms with Crippen LogP contribution in [-0.2, 0) is 11.3 Å². The van der Waals surface area contributed by atoms with Crippen LogP contribution in [0.5, 0.6) is 0 Å². The van der Waals surface area contributed by atoms with Crippen molar-refractivity contribution in [2.24, 2.45) is 0 Å². The summed E-state index contributed by atoms with van der Waals surface area (Å²) in [7, 11) is 0. The summed E-state index contributed by atoms with van der Waals surface area (Å²) in [5.41, 5.74) is 0. The van der Waals surface area contributed by atoms with Crippen molar-refractivity contribution in [1.29, 1.82) is 0 Å². The van der Waals surface area contributed by atoms with Crippen molar-refractivity contribution >= 4 is 22.3 Å². The van der Waals surface area contributed by atoms with E-state index in [2.05, 4.69) is 4.90 Å². The zero-order valence-corrected chi connectivity index (χ0v) is 12.0. The number of hydrogen-bond acceptors (Lipinski definition) is 6. The van der Waals surface area contributed by atoms with E-state index in [-0.39, 0.29) is 9.92 Å². The Kier molecular flexibility index (Phi) is 4.69. The van der Waals surface area contributed by atoms with Crippen LogP contribution in [0.3, 0.4) is 0 Å². The Hall–Kier alpha value is -1.51. The Morgan fingerprint density at radius 1 is 1.45 bits per heavy atom. The average Bonchev–Trinajstić information content (AvgIpc) is 2.87. The maximum absolute atomic E-state index is 10.9. The molecule has 1 saturated heterocycles. The van der Waals surface area contributed by atoms with Crippen LogP contribution in [0.15, 0.2) is 12.1 Å². The van der Waals surface area contributed by atoms with Crippen LogP contribution < -0.4 is 0 Å². The van der Waals surface area contributed by atoms with E-state index in [4.69, 9.17) is 5.11 Å². The average molecular weight is 299 g/mol. The van der Waals surface area contributed by atoms with Gasteiger partial charge in [0.15, 0.2) is 0 Å². The van der Waals surface area contributed by atoms with Crippen molar-refractivity contribution < 1.29 is 14.8 Å². The Morgan fingerprint density at radius 3 is 2.60 bits per heavy atom. The molecule has 2 heterocycles. The first-order chi connectivity index (χ1) is 9.47. The predicted octanol–water partition coefficient (Wildman–Crippen LogP) is 1.25. The fourth-order valence-corrected chi connectivity index (χ4v) is 3.10. The van der Waals surface area contributed by atoms with Gasteiger partial charge in [-0.2, -0.15) is 0 Å². The van der Waals surface area contributed by atoms with E-state index in [0.717, 1.165) is 18.0 Å². The summed E-state index contributed by atoms with van der Waals surface area (Å²) in [6.45, 7) is 5.36. The molecule has 0 amide bonds. The van der Waals surface area contributed by atoms with Gasteiger partial charge in [0.2, 0.25) is 0 Å². The van der Waals surface area contributed by atoms with Crippen molar-refractivity contribution in [1.82, 2.24) is 9.80 Å². The molecule has 0 bridgehead atoms. The minimum absolute atomic E-state index is 0.165. The molecule has 1 unspecified atom stereocenters. The summed E-state index contributed by atoms with van der Waals surface area (Å²) in [5, 5.41) is 19.8. The zero-order valence-electron chi connectivity index (χ0n) is 11.2. The number of hydrogen-bond donors (Lipinski definition) is 1. The van der Waals surface area contributed by atoms with Crippen LogP contribution in [0, 0.1) is 10.1 Å². The van der Waals surface area contributed by atoms with Crippen LogP contribution >= 0.6 is 11.3 Å². The minimum atomic E-state index is -0.799. The minimum Gasteiger partial charge on any atom is -0.480 e. The van der Waals surface area contributed by atoms with Gasteiger partial charge in [0.25, 0.3) is 0 Å². The molecule has 8 heteroatoms. The molecule has 0 aliphatic carbocycles. The van der Waals surface area contributed by atoms with Gasteiger partial charge in [0.05, 0.1) is 4.92 Å². The van der Waals surface area contributed by atoms with Gasteiger partial charge in [-0.05, 0) is 13.0 Å². The van der Waals surface area contributed by atoms with Gasteiger partial charge in [0.1, 0.15) is 6.04 Å². The molecule has 7 nitrogen and oxygen atoms in total.